The van der Waals surface area contributed by atoms with E-state index in [1.54, 1.807) is 13.0 Å². The number of piperidine rings is 1. The largest absolute Gasteiger partial charge is 0.466 e. The summed E-state index contributed by atoms with van der Waals surface area (Å²) >= 11 is 0. The fourth-order valence-corrected chi connectivity index (χ4v) is 6.06. The fourth-order valence-electron chi connectivity index (χ4n) is 6.06. The zero-order valence-corrected chi connectivity index (χ0v) is 19.1. The summed E-state index contributed by atoms with van der Waals surface area (Å²) in [6, 6.07) is 3.81. The summed E-state index contributed by atoms with van der Waals surface area (Å²) in [5.74, 6) is -3.39. The summed E-state index contributed by atoms with van der Waals surface area (Å²) in [7, 11) is 0. The maximum atomic E-state index is 13.7. The second kappa shape index (κ2) is 8.25. The highest BCUT2D eigenvalue weighted by Gasteiger charge is 2.66. The molecule has 1 aromatic rings. The van der Waals surface area contributed by atoms with E-state index in [0.717, 1.165) is 24.9 Å². The van der Waals surface area contributed by atoms with E-state index >= 15 is 0 Å². The molecule has 0 unspecified atom stereocenters. The number of rotatable bonds is 3. The van der Waals surface area contributed by atoms with Crippen LogP contribution in [0.25, 0.3) is 0 Å². The van der Waals surface area contributed by atoms with Gasteiger partial charge in [0, 0.05) is 43.6 Å². The molecule has 5 rings (SSSR count). The molecule has 3 heterocycles. The van der Waals surface area contributed by atoms with Crippen molar-refractivity contribution < 1.29 is 33.5 Å². The molecule has 34 heavy (non-hydrogen) atoms. The van der Waals surface area contributed by atoms with Crippen molar-refractivity contribution in [3.8, 4) is 0 Å². The van der Waals surface area contributed by atoms with Gasteiger partial charge in [-0.3, -0.25) is 24.5 Å². The predicted molar refractivity (Wildman–Crippen MR) is 118 cm³/mol. The van der Waals surface area contributed by atoms with E-state index in [1.165, 1.54) is 12.1 Å². The van der Waals surface area contributed by atoms with Gasteiger partial charge >= 0.3 is 17.9 Å². The van der Waals surface area contributed by atoms with E-state index < -0.39 is 40.0 Å². The van der Waals surface area contributed by atoms with Crippen LogP contribution in [-0.4, -0.2) is 47.8 Å². The van der Waals surface area contributed by atoms with Crippen LogP contribution in [0.2, 0.25) is 0 Å². The van der Waals surface area contributed by atoms with Gasteiger partial charge in [0.05, 0.1) is 23.5 Å². The number of hydrogen-bond donors (Lipinski definition) is 0. The molecule has 0 radical (unpaired) electrons. The number of benzene rings is 1. The summed E-state index contributed by atoms with van der Waals surface area (Å²) in [4.78, 5) is 52.9. The number of hydrogen-bond acceptors (Lipinski definition) is 9. The van der Waals surface area contributed by atoms with Crippen LogP contribution in [0.3, 0.4) is 0 Å². The number of carbonyl (C=O) groups excluding carboxylic acids is 3. The number of nitro groups is 1. The Kier molecular flexibility index (Phi) is 5.49. The lowest BCUT2D eigenvalue weighted by Gasteiger charge is -2.55. The highest BCUT2D eigenvalue weighted by Crippen LogP contribution is 2.52. The number of fused-ring (bicyclic) bond motifs is 4. The smallest absolute Gasteiger partial charge is 0.329 e. The van der Waals surface area contributed by atoms with E-state index in [4.69, 9.17) is 14.2 Å². The monoisotopic (exact) mass is 472 g/mol. The van der Waals surface area contributed by atoms with Crippen LogP contribution in [0.5, 0.6) is 0 Å². The molecule has 10 heteroatoms. The molecule has 0 amide bonds. The molecule has 2 spiro atoms. The number of non-ortho nitro benzene ring substituents is 1. The molecule has 2 saturated heterocycles. The van der Waals surface area contributed by atoms with Crippen molar-refractivity contribution in [1.82, 2.24) is 0 Å². The van der Waals surface area contributed by atoms with Crippen LogP contribution < -0.4 is 4.90 Å². The minimum absolute atomic E-state index is 0.0749. The Morgan fingerprint density at radius 1 is 1.21 bits per heavy atom. The van der Waals surface area contributed by atoms with Gasteiger partial charge in [-0.2, -0.15) is 0 Å². The summed E-state index contributed by atoms with van der Waals surface area (Å²) in [6.07, 6.45) is 4.13. The number of anilines is 1. The topological polar surface area (TPSA) is 125 Å². The Hall–Kier alpha value is -3.17. The third kappa shape index (κ3) is 3.42. The number of esters is 3. The Morgan fingerprint density at radius 2 is 1.91 bits per heavy atom. The van der Waals surface area contributed by atoms with Crippen molar-refractivity contribution in [3.05, 3.63) is 33.9 Å². The molecule has 182 valence electrons. The van der Waals surface area contributed by atoms with Crippen molar-refractivity contribution in [2.75, 3.05) is 18.1 Å². The van der Waals surface area contributed by atoms with Crippen LogP contribution in [0.1, 0.15) is 57.4 Å². The summed E-state index contributed by atoms with van der Waals surface area (Å²) < 4.78 is 17.0. The molecule has 1 saturated carbocycles. The number of ether oxygens (including phenoxy) is 3. The van der Waals surface area contributed by atoms with Gasteiger partial charge < -0.3 is 19.1 Å². The third-order valence-corrected chi connectivity index (χ3v) is 7.75. The van der Waals surface area contributed by atoms with Crippen molar-refractivity contribution in [3.63, 3.8) is 0 Å². The zero-order chi connectivity index (χ0) is 24.1. The van der Waals surface area contributed by atoms with E-state index in [2.05, 4.69) is 0 Å². The average molecular weight is 472 g/mol. The van der Waals surface area contributed by atoms with Crippen LogP contribution >= 0.6 is 0 Å². The molecule has 1 aliphatic carbocycles. The first-order valence-corrected chi connectivity index (χ1v) is 12.0. The fraction of sp³-hybridized carbons (Fsp3) is 0.625. The Morgan fingerprint density at radius 3 is 2.56 bits per heavy atom. The van der Waals surface area contributed by atoms with Gasteiger partial charge in [-0.15, -0.1) is 0 Å². The average Bonchev–Trinajstić information content (AvgIpc) is 2.82. The highest BCUT2D eigenvalue weighted by atomic mass is 16.7. The van der Waals surface area contributed by atoms with E-state index in [9.17, 15) is 24.5 Å². The van der Waals surface area contributed by atoms with Crippen LogP contribution in [0.15, 0.2) is 18.2 Å². The van der Waals surface area contributed by atoms with Gasteiger partial charge in [0.2, 0.25) is 0 Å². The van der Waals surface area contributed by atoms with Gasteiger partial charge in [0.15, 0.2) is 5.41 Å². The summed E-state index contributed by atoms with van der Waals surface area (Å²) in [5, 5.41) is 11.4. The van der Waals surface area contributed by atoms with Crippen molar-refractivity contribution in [2.24, 2.45) is 11.3 Å². The molecular weight excluding hydrogens is 444 g/mol. The summed E-state index contributed by atoms with van der Waals surface area (Å²) in [6.45, 7) is 2.37. The van der Waals surface area contributed by atoms with Crippen LogP contribution in [-0.2, 0) is 35.0 Å². The maximum Gasteiger partial charge on any atom is 0.329 e. The number of carbonyl (C=O) groups is 3. The molecule has 0 aromatic heterocycles. The third-order valence-electron chi connectivity index (χ3n) is 7.75. The van der Waals surface area contributed by atoms with Gasteiger partial charge in [0.25, 0.3) is 11.5 Å². The first-order valence-electron chi connectivity index (χ1n) is 12.0. The van der Waals surface area contributed by atoms with Crippen molar-refractivity contribution in [2.45, 2.75) is 70.1 Å². The molecule has 3 aliphatic heterocycles. The second-order valence-corrected chi connectivity index (χ2v) is 9.65. The molecule has 0 bridgehead atoms. The lowest BCUT2D eigenvalue weighted by molar-refractivity contribution is -0.384. The first kappa shape index (κ1) is 22.6. The van der Waals surface area contributed by atoms with Gasteiger partial charge in [-0.25, -0.2) is 0 Å². The van der Waals surface area contributed by atoms with Crippen molar-refractivity contribution in [1.29, 1.82) is 0 Å². The standard InChI is InChI=1S/C24H28N2O8/c1-2-32-20(27)15-8-11-25-18-7-6-17(26(30)31)12-16(18)14-24(19(25)13-15)21(28)33-23(34-22(24)29)9-4-3-5-10-23/h6-7,12,15,19H,2-5,8-11,13-14H2,1H3/t15-,19-/m1/s1. The molecule has 2 atom stereocenters. The lowest BCUT2D eigenvalue weighted by atomic mass is 9.66. The summed E-state index contributed by atoms with van der Waals surface area (Å²) in [5.41, 5.74) is -0.568. The maximum absolute atomic E-state index is 13.7. The predicted octanol–water partition coefficient (Wildman–Crippen LogP) is 3.05. The molecule has 10 nitrogen and oxygen atoms in total. The quantitative estimate of drug-likeness (QED) is 0.282. The minimum atomic E-state index is -1.70. The van der Waals surface area contributed by atoms with E-state index in [-0.39, 0.29) is 31.1 Å². The van der Waals surface area contributed by atoms with Crippen molar-refractivity contribution >= 4 is 29.3 Å². The minimum Gasteiger partial charge on any atom is -0.466 e. The molecule has 0 N–H and O–H groups in total. The Bertz CT molecular complexity index is 1030. The molecular formula is C24H28N2O8. The second-order valence-electron chi connectivity index (χ2n) is 9.65. The SMILES string of the molecule is CCOC(=O)[C@@H]1CCN2c3ccc([N+](=O)[O-])cc3CC3(C(=O)OC4(CCCCC4)OC3=O)[C@H]2C1. The lowest BCUT2D eigenvalue weighted by Crippen LogP contribution is -2.68. The zero-order valence-electron chi connectivity index (χ0n) is 19.1. The Labute approximate surface area is 196 Å². The highest BCUT2D eigenvalue weighted by molar-refractivity contribution is 6.04. The van der Waals surface area contributed by atoms with Gasteiger partial charge in [-0.1, -0.05) is 6.42 Å². The number of nitrogens with zero attached hydrogens (tertiary/aromatic N) is 2. The number of nitro benzene ring substituents is 1. The molecule has 1 aromatic carbocycles. The normalized spacial score (nSPS) is 26.8. The first-order chi connectivity index (χ1) is 16.3. The van der Waals surface area contributed by atoms with E-state index in [0.29, 0.717) is 31.4 Å². The molecule has 4 aliphatic rings. The van der Waals surface area contributed by atoms with Gasteiger partial charge in [-0.05, 0) is 44.2 Å². The van der Waals surface area contributed by atoms with Crippen LogP contribution in [0.4, 0.5) is 11.4 Å². The van der Waals surface area contributed by atoms with Crippen LogP contribution in [0, 0.1) is 21.4 Å². The Balaban J connectivity index is 1.57. The van der Waals surface area contributed by atoms with E-state index in [1.807, 2.05) is 4.90 Å². The van der Waals surface area contributed by atoms with Gasteiger partial charge in [0.1, 0.15) is 0 Å². The molecule has 3 fully saturated rings.